The topological polar surface area (TPSA) is 84.0 Å². The molecule has 0 spiro atoms. The molecule has 0 unspecified atom stereocenters. The van der Waals surface area contributed by atoms with Gasteiger partial charge in [-0.25, -0.2) is 0 Å². The van der Waals surface area contributed by atoms with Gasteiger partial charge >= 0.3 is 6.01 Å². The molecule has 1 heterocycles. The van der Waals surface area contributed by atoms with E-state index < -0.39 is 0 Å². The summed E-state index contributed by atoms with van der Waals surface area (Å²) in [4.78, 5) is 0. The van der Waals surface area contributed by atoms with Crippen molar-refractivity contribution in [2.75, 3.05) is 12.4 Å². The first-order chi connectivity index (χ1) is 11.3. The van der Waals surface area contributed by atoms with E-state index in [4.69, 9.17) is 14.4 Å². The summed E-state index contributed by atoms with van der Waals surface area (Å²) >= 11 is 0. The van der Waals surface area contributed by atoms with Crippen molar-refractivity contribution < 1.29 is 9.15 Å². The molecule has 0 saturated carbocycles. The molecule has 1 N–H and O–H groups in total. The SMILES string of the molecule is COc1ccc(-c2nnc(NCc3ccc(C#N)cc3)o2)cc1. The maximum Gasteiger partial charge on any atom is 0.316 e. The fraction of sp³-hybridized carbons (Fsp3) is 0.118. The molecule has 23 heavy (non-hydrogen) atoms. The lowest BCUT2D eigenvalue weighted by atomic mass is 10.1. The van der Waals surface area contributed by atoms with E-state index in [0.29, 0.717) is 24.0 Å². The van der Waals surface area contributed by atoms with E-state index in [9.17, 15) is 0 Å². The van der Waals surface area contributed by atoms with Crippen LogP contribution in [0.1, 0.15) is 11.1 Å². The predicted molar refractivity (Wildman–Crippen MR) is 84.8 cm³/mol. The Labute approximate surface area is 133 Å². The largest absolute Gasteiger partial charge is 0.497 e. The first-order valence-electron chi connectivity index (χ1n) is 6.99. The van der Waals surface area contributed by atoms with Gasteiger partial charge in [0.2, 0.25) is 5.89 Å². The monoisotopic (exact) mass is 306 g/mol. The van der Waals surface area contributed by atoms with Gasteiger partial charge in [-0.2, -0.15) is 5.26 Å². The van der Waals surface area contributed by atoms with Crippen LogP contribution >= 0.6 is 0 Å². The Morgan fingerprint density at radius 1 is 1.09 bits per heavy atom. The molecule has 2 aromatic carbocycles. The molecular formula is C17H14N4O2. The van der Waals surface area contributed by atoms with Crippen molar-refractivity contribution in [1.82, 2.24) is 10.2 Å². The first-order valence-corrected chi connectivity index (χ1v) is 6.99. The van der Waals surface area contributed by atoms with Crippen molar-refractivity contribution in [2.24, 2.45) is 0 Å². The second kappa shape index (κ2) is 6.62. The minimum absolute atomic E-state index is 0.347. The zero-order chi connectivity index (χ0) is 16.1. The number of nitrogens with zero attached hydrogens (tertiary/aromatic N) is 3. The molecule has 0 fully saturated rings. The van der Waals surface area contributed by atoms with Crippen LogP contribution in [0.4, 0.5) is 6.01 Å². The highest BCUT2D eigenvalue weighted by Crippen LogP contribution is 2.22. The minimum atomic E-state index is 0.347. The molecule has 0 saturated heterocycles. The molecule has 0 aliphatic rings. The molecule has 114 valence electrons. The van der Waals surface area contributed by atoms with Gasteiger partial charge in [-0.15, -0.1) is 5.10 Å². The average molecular weight is 306 g/mol. The predicted octanol–water partition coefficient (Wildman–Crippen LogP) is 3.23. The van der Waals surface area contributed by atoms with Crippen LogP contribution in [0.3, 0.4) is 0 Å². The van der Waals surface area contributed by atoms with Crippen LogP contribution in [0.25, 0.3) is 11.5 Å². The highest BCUT2D eigenvalue weighted by molar-refractivity contribution is 5.54. The van der Waals surface area contributed by atoms with Crippen molar-refractivity contribution in [3.63, 3.8) is 0 Å². The van der Waals surface area contributed by atoms with E-state index >= 15 is 0 Å². The van der Waals surface area contributed by atoms with Crippen molar-refractivity contribution in [1.29, 1.82) is 5.26 Å². The van der Waals surface area contributed by atoms with Crippen LogP contribution in [-0.2, 0) is 6.54 Å². The number of hydrogen-bond donors (Lipinski definition) is 1. The third-order valence-electron chi connectivity index (χ3n) is 3.29. The van der Waals surface area contributed by atoms with Crippen molar-refractivity contribution in [2.45, 2.75) is 6.54 Å². The molecule has 0 bridgehead atoms. The van der Waals surface area contributed by atoms with Gasteiger partial charge < -0.3 is 14.5 Å². The van der Waals surface area contributed by atoms with Crippen LogP contribution < -0.4 is 10.1 Å². The van der Waals surface area contributed by atoms with Crippen LogP contribution in [0.15, 0.2) is 52.9 Å². The van der Waals surface area contributed by atoms with Gasteiger partial charge in [0.15, 0.2) is 0 Å². The van der Waals surface area contributed by atoms with Gasteiger partial charge in [0, 0.05) is 12.1 Å². The van der Waals surface area contributed by atoms with Crippen LogP contribution in [0.5, 0.6) is 5.75 Å². The number of rotatable bonds is 5. The Hall–Kier alpha value is -3.33. The molecule has 6 nitrogen and oxygen atoms in total. The number of anilines is 1. The fourth-order valence-corrected chi connectivity index (χ4v) is 2.02. The normalized spacial score (nSPS) is 10.1. The molecular weight excluding hydrogens is 292 g/mol. The zero-order valence-corrected chi connectivity index (χ0v) is 12.5. The van der Waals surface area contributed by atoms with Crippen molar-refractivity contribution in [3.05, 3.63) is 59.7 Å². The minimum Gasteiger partial charge on any atom is -0.497 e. The molecule has 3 rings (SSSR count). The van der Waals surface area contributed by atoms with Gasteiger partial charge in [-0.1, -0.05) is 17.2 Å². The number of methoxy groups -OCH3 is 1. The summed E-state index contributed by atoms with van der Waals surface area (Å²) in [6, 6.07) is 17.1. The summed E-state index contributed by atoms with van der Waals surface area (Å²) in [5.74, 6) is 1.21. The highest BCUT2D eigenvalue weighted by atomic mass is 16.5. The summed E-state index contributed by atoms with van der Waals surface area (Å²) in [6.45, 7) is 0.538. The van der Waals surface area contributed by atoms with E-state index in [2.05, 4.69) is 21.6 Å². The Bertz CT molecular complexity index is 817. The Morgan fingerprint density at radius 2 is 1.83 bits per heavy atom. The second-order valence-corrected chi connectivity index (χ2v) is 4.80. The van der Waals surface area contributed by atoms with Gasteiger partial charge in [0.05, 0.1) is 18.7 Å². The van der Waals surface area contributed by atoms with Gasteiger partial charge in [-0.05, 0) is 42.0 Å². The van der Waals surface area contributed by atoms with Crippen LogP contribution in [0, 0.1) is 11.3 Å². The third kappa shape index (κ3) is 3.47. The lowest BCUT2D eigenvalue weighted by Gasteiger charge is -2.01. The Balaban J connectivity index is 1.65. The molecule has 0 aliphatic carbocycles. The molecule has 0 radical (unpaired) electrons. The molecule has 3 aromatic rings. The summed E-state index contributed by atoms with van der Waals surface area (Å²) < 4.78 is 10.7. The van der Waals surface area contributed by atoms with Crippen LogP contribution in [0.2, 0.25) is 0 Å². The summed E-state index contributed by atoms with van der Waals surface area (Å²) in [6.07, 6.45) is 0. The quantitative estimate of drug-likeness (QED) is 0.779. The number of ether oxygens (including phenoxy) is 1. The number of hydrogen-bond acceptors (Lipinski definition) is 6. The third-order valence-corrected chi connectivity index (χ3v) is 3.29. The fourth-order valence-electron chi connectivity index (χ4n) is 2.02. The number of nitrogens with one attached hydrogen (secondary N) is 1. The summed E-state index contributed by atoms with van der Waals surface area (Å²) in [5.41, 5.74) is 2.48. The van der Waals surface area contributed by atoms with E-state index in [1.54, 1.807) is 19.2 Å². The zero-order valence-electron chi connectivity index (χ0n) is 12.5. The number of benzene rings is 2. The number of aromatic nitrogens is 2. The lowest BCUT2D eigenvalue weighted by molar-refractivity contribution is 0.415. The standard InChI is InChI=1S/C17H14N4O2/c1-22-15-8-6-14(7-9-15)16-20-21-17(23-16)19-11-13-4-2-12(10-18)3-5-13/h2-9H,11H2,1H3,(H,19,21). The van der Waals surface area contributed by atoms with Gasteiger partial charge in [0.25, 0.3) is 0 Å². The van der Waals surface area contributed by atoms with E-state index in [1.807, 2.05) is 36.4 Å². The Morgan fingerprint density at radius 3 is 2.48 bits per heavy atom. The van der Waals surface area contributed by atoms with E-state index in [0.717, 1.165) is 16.9 Å². The summed E-state index contributed by atoms with van der Waals surface area (Å²) in [5, 5.41) is 19.8. The average Bonchev–Trinajstić information content (AvgIpc) is 3.09. The molecule has 6 heteroatoms. The van der Waals surface area contributed by atoms with Crippen molar-refractivity contribution >= 4 is 6.01 Å². The highest BCUT2D eigenvalue weighted by Gasteiger charge is 2.08. The molecule has 1 aromatic heterocycles. The summed E-state index contributed by atoms with van der Waals surface area (Å²) in [7, 11) is 1.62. The van der Waals surface area contributed by atoms with Gasteiger partial charge in [0.1, 0.15) is 5.75 Å². The molecule has 0 atom stereocenters. The maximum absolute atomic E-state index is 8.77. The molecule has 0 aliphatic heterocycles. The smallest absolute Gasteiger partial charge is 0.316 e. The van der Waals surface area contributed by atoms with Crippen LogP contribution in [-0.4, -0.2) is 17.3 Å². The van der Waals surface area contributed by atoms with E-state index in [-0.39, 0.29) is 0 Å². The number of nitriles is 1. The first kappa shape index (κ1) is 14.6. The molecule has 0 amide bonds. The maximum atomic E-state index is 8.77. The van der Waals surface area contributed by atoms with Crippen molar-refractivity contribution in [3.8, 4) is 23.3 Å². The Kier molecular flexibility index (Phi) is 4.20. The second-order valence-electron chi connectivity index (χ2n) is 4.80. The lowest BCUT2D eigenvalue weighted by Crippen LogP contribution is -1.99. The van der Waals surface area contributed by atoms with Gasteiger partial charge in [-0.3, -0.25) is 0 Å². The van der Waals surface area contributed by atoms with E-state index in [1.165, 1.54) is 0 Å².